The summed E-state index contributed by atoms with van der Waals surface area (Å²) in [6.45, 7) is 8.56. The van der Waals surface area contributed by atoms with Crippen LogP contribution in [0.3, 0.4) is 0 Å². The van der Waals surface area contributed by atoms with E-state index in [-0.39, 0.29) is 57.9 Å². The molecular weight excluding hydrogens is 514 g/mol. The lowest BCUT2D eigenvalue weighted by atomic mass is 10.1. The molecule has 208 valence electrons. The molecule has 0 saturated carbocycles. The number of anilines is 2. The minimum Gasteiger partial charge on any atom is -0.419 e. The molecule has 10 heteroatoms. The number of esters is 2. The SMILES string of the molecule is CC(=O)Nc1ccc(C(=O)Oc2ccc(C(=O)CNC(C)(C)C)cc2OC(=O)c2ccc(NC(C)=O)cc2)cc1. The van der Waals surface area contributed by atoms with Crippen molar-refractivity contribution in [1.29, 1.82) is 0 Å². The van der Waals surface area contributed by atoms with Crippen molar-refractivity contribution in [2.75, 3.05) is 17.2 Å². The number of hydrogen-bond acceptors (Lipinski definition) is 8. The van der Waals surface area contributed by atoms with E-state index in [1.807, 2.05) is 20.8 Å². The summed E-state index contributed by atoms with van der Waals surface area (Å²) >= 11 is 0. The normalized spacial score (nSPS) is 10.8. The van der Waals surface area contributed by atoms with Crippen molar-refractivity contribution in [2.24, 2.45) is 0 Å². The van der Waals surface area contributed by atoms with E-state index in [1.165, 1.54) is 56.3 Å². The van der Waals surface area contributed by atoms with Crippen molar-refractivity contribution in [3.05, 3.63) is 83.4 Å². The number of carbonyl (C=O) groups excluding carboxylic acids is 5. The van der Waals surface area contributed by atoms with Gasteiger partial charge in [-0.2, -0.15) is 0 Å². The number of Topliss-reactive ketones (excluding diaryl/α,β-unsaturated/α-hetero) is 1. The van der Waals surface area contributed by atoms with Crippen LogP contribution in [0, 0.1) is 0 Å². The number of amides is 2. The molecule has 0 aromatic heterocycles. The van der Waals surface area contributed by atoms with Crippen molar-refractivity contribution in [1.82, 2.24) is 5.32 Å². The lowest BCUT2D eigenvalue weighted by molar-refractivity contribution is -0.115. The van der Waals surface area contributed by atoms with Gasteiger partial charge in [0.25, 0.3) is 0 Å². The molecule has 0 bridgehead atoms. The summed E-state index contributed by atoms with van der Waals surface area (Å²) in [6, 6.07) is 16.3. The van der Waals surface area contributed by atoms with Gasteiger partial charge in [-0.05, 0) is 87.5 Å². The second-order valence-electron chi connectivity index (χ2n) is 9.98. The zero-order chi connectivity index (χ0) is 29.4. The van der Waals surface area contributed by atoms with E-state index >= 15 is 0 Å². The largest absolute Gasteiger partial charge is 0.419 e. The monoisotopic (exact) mass is 545 g/mol. The molecule has 0 aliphatic heterocycles. The van der Waals surface area contributed by atoms with Crippen LogP contribution in [0.25, 0.3) is 0 Å². The molecule has 0 fully saturated rings. The first-order valence-corrected chi connectivity index (χ1v) is 12.4. The molecule has 0 unspecified atom stereocenters. The molecule has 3 aromatic carbocycles. The van der Waals surface area contributed by atoms with Gasteiger partial charge in [0, 0.05) is 36.3 Å². The number of nitrogens with one attached hydrogen (secondary N) is 3. The Labute approximate surface area is 232 Å². The molecule has 2 amide bonds. The lowest BCUT2D eigenvalue weighted by Crippen LogP contribution is -2.39. The number of hydrogen-bond donors (Lipinski definition) is 3. The summed E-state index contributed by atoms with van der Waals surface area (Å²) in [6.07, 6.45) is 0. The van der Waals surface area contributed by atoms with E-state index in [9.17, 15) is 24.0 Å². The Kier molecular flexibility index (Phi) is 9.52. The van der Waals surface area contributed by atoms with Crippen LogP contribution in [0.15, 0.2) is 66.7 Å². The summed E-state index contributed by atoms with van der Waals surface area (Å²) in [5, 5.41) is 8.33. The summed E-state index contributed by atoms with van der Waals surface area (Å²) in [7, 11) is 0. The minimum absolute atomic E-state index is 0.0429. The fraction of sp³-hybridized carbons (Fsp3) is 0.233. The van der Waals surface area contributed by atoms with Gasteiger partial charge in [0.2, 0.25) is 11.8 Å². The van der Waals surface area contributed by atoms with Gasteiger partial charge in [0.1, 0.15) is 0 Å². The molecule has 40 heavy (non-hydrogen) atoms. The van der Waals surface area contributed by atoms with Crippen molar-refractivity contribution in [2.45, 2.75) is 40.2 Å². The molecule has 10 nitrogen and oxygen atoms in total. The number of carbonyl (C=O) groups is 5. The quantitative estimate of drug-likeness (QED) is 0.201. The Bertz CT molecular complexity index is 1420. The maximum atomic E-state index is 12.9. The Balaban J connectivity index is 1.86. The Hall–Kier alpha value is -4.83. The molecular formula is C30H31N3O7. The van der Waals surface area contributed by atoms with Gasteiger partial charge in [-0.3, -0.25) is 14.4 Å². The van der Waals surface area contributed by atoms with E-state index in [0.29, 0.717) is 11.4 Å². The highest BCUT2D eigenvalue weighted by Crippen LogP contribution is 2.31. The molecule has 3 N–H and O–H groups in total. The molecule has 0 saturated heterocycles. The summed E-state index contributed by atoms with van der Waals surface area (Å²) in [5.41, 5.74) is 1.33. The van der Waals surface area contributed by atoms with E-state index in [2.05, 4.69) is 16.0 Å². The predicted molar refractivity (Wildman–Crippen MR) is 150 cm³/mol. The van der Waals surface area contributed by atoms with Crippen LogP contribution in [-0.4, -0.2) is 41.6 Å². The average Bonchev–Trinajstić information content (AvgIpc) is 2.88. The molecule has 0 heterocycles. The van der Waals surface area contributed by atoms with E-state index in [4.69, 9.17) is 9.47 Å². The predicted octanol–water partition coefficient (Wildman–Crippen LogP) is 4.61. The standard InChI is InChI=1S/C30H31N3O7/c1-18(34)32-23-11-6-20(7-12-23)28(37)39-26-15-10-22(25(36)17-31-30(3,4)5)16-27(26)40-29(38)21-8-13-24(14-9-21)33-19(2)35/h6-16,31H,17H2,1-5H3,(H,32,34)(H,33,35). The first kappa shape index (κ1) is 29.7. The third kappa shape index (κ3) is 8.88. The Morgan fingerprint density at radius 2 is 1.05 bits per heavy atom. The Morgan fingerprint density at radius 3 is 1.48 bits per heavy atom. The van der Waals surface area contributed by atoms with Crippen molar-refractivity contribution in [3.63, 3.8) is 0 Å². The van der Waals surface area contributed by atoms with E-state index < -0.39 is 11.9 Å². The van der Waals surface area contributed by atoms with Gasteiger partial charge >= 0.3 is 11.9 Å². The molecule has 0 atom stereocenters. The van der Waals surface area contributed by atoms with Gasteiger partial charge < -0.3 is 25.4 Å². The lowest BCUT2D eigenvalue weighted by Gasteiger charge is -2.20. The van der Waals surface area contributed by atoms with Crippen LogP contribution in [-0.2, 0) is 9.59 Å². The second-order valence-corrected chi connectivity index (χ2v) is 9.98. The van der Waals surface area contributed by atoms with Gasteiger partial charge in [0.05, 0.1) is 17.7 Å². The van der Waals surface area contributed by atoms with Crippen LogP contribution >= 0.6 is 0 Å². The van der Waals surface area contributed by atoms with Crippen molar-refractivity contribution >= 4 is 40.9 Å². The fourth-order valence-corrected chi connectivity index (χ4v) is 3.40. The first-order valence-electron chi connectivity index (χ1n) is 12.4. The van der Waals surface area contributed by atoms with Crippen LogP contribution in [0.2, 0.25) is 0 Å². The summed E-state index contributed by atoms with van der Waals surface area (Å²) < 4.78 is 11.1. The van der Waals surface area contributed by atoms with Crippen molar-refractivity contribution in [3.8, 4) is 11.5 Å². The smallest absolute Gasteiger partial charge is 0.343 e. The zero-order valence-corrected chi connectivity index (χ0v) is 22.9. The van der Waals surface area contributed by atoms with Gasteiger partial charge in [-0.25, -0.2) is 9.59 Å². The highest BCUT2D eigenvalue weighted by atomic mass is 16.6. The zero-order valence-electron chi connectivity index (χ0n) is 22.9. The number of benzene rings is 3. The minimum atomic E-state index is -0.760. The number of ketones is 1. The van der Waals surface area contributed by atoms with Crippen LogP contribution in [0.1, 0.15) is 65.7 Å². The van der Waals surface area contributed by atoms with Gasteiger partial charge in [0.15, 0.2) is 17.3 Å². The third-order valence-corrected chi connectivity index (χ3v) is 5.33. The third-order valence-electron chi connectivity index (χ3n) is 5.33. The van der Waals surface area contributed by atoms with Crippen LogP contribution < -0.4 is 25.4 Å². The number of rotatable bonds is 9. The molecule has 3 aromatic rings. The molecule has 0 spiro atoms. The number of ether oxygens (including phenoxy) is 2. The van der Waals surface area contributed by atoms with Crippen molar-refractivity contribution < 1.29 is 33.4 Å². The maximum absolute atomic E-state index is 12.9. The Morgan fingerprint density at radius 1 is 0.625 bits per heavy atom. The molecule has 3 rings (SSSR count). The van der Waals surface area contributed by atoms with E-state index in [1.54, 1.807) is 24.3 Å². The van der Waals surface area contributed by atoms with Gasteiger partial charge in [-0.1, -0.05) is 0 Å². The second kappa shape index (κ2) is 12.8. The topological polar surface area (TPSA) is 140 Å². The average molecular weight is 546 g/mol. The first-order chi connectivity index (χ1) is 18.8. The summed E-state index contributed by atoms with van der Waals surface area (Å²) in [5.74, 6) is -2.45. The highest BCUT2D eigenvalue weighted by Gasteiger charge is 2.20. The molecule has 0 aliphatic rings. The van der Waals surface area contributed by atoms with Crippen LogP contribution in [0.4, 0.5) is 11.4 Å². The summed E-state index contributed by atoms with van der Waals surface area (Å²) in [4.78, 5) is 61.1. The maximum Gasteiger partial charge on any atom is 0.343 e. The highest BCUT2D eigenvalue weighted by molar-refractivity contribution is 5.99. The van der Waals surface area contributed by atoms with E-state index in [0.717, 1.165) is 0 Å². The fourth-order valence-electron chi connectivity index (χ4n) is 3.40. The molecule has 0 radical (unpaired) electrons. The van der Waals surface area contributed by atoms with Gasteiger partial charge in [-0.15, -0.1) is 0 Å². The van der Waals surface area contributed by atoms with Crippen LogP contribution in [0.5, 0.6) is 11.5 Å². The molecule has 0 aliphatic carbocycles.